The van der Waals surface area contributed by atoms with Crippen molar-refractivity contribution in [2.75, 3.05) is 6.54 Å². The van der Waals surface area contributed by atoms with Crippen LogP contribution in [0, 0.1) is 0 Å². The first-order valence-electron chi connectivity index (χ1n) is 6.77. The van der Waals surface area contributed by atoms with Gasteiger partial charge in [-0.05, 0) is 59.1 Å². The fourth-order valence-electron chi connectivity index (χ4n) is 2.30. The van der Waals surface area contributed by atoms with Gasteiger partial charge in [0.05, 0.1) is 5.02 Å². The van der Waals surface area contributed by atoms with Crippen molar-refractivity contribution >= 4 is 27.5 Å². The first-order valence-corrected chi connectivity index (χ1v) is 7.94. The number of aryl methyl sites for hydroxylation is 2. The molecule has 0 bridgehead atoms. The summed E-state index contributed by atoms with van der Waals surface area (Å²) in [7, 11) is 1.98. The van der Waals surface area contributed by atoms with E-state index in [2.05, 4.69) is 45.4 Å². The summed E-state index contributed by atoms with van der Waals surface area (Å²) >= 11 is 9.63. The molecule has 1 aromatic heterocycles. The third kappa shape index (κ3) is 3.84. The number of halogens is 2. The molecule has 0 saturated carbocycles. The van der Waals surface area contributed by atoms with E-state index >= 15 is 0 Å². The fourth-order valence-corrected chi connectivity index (χ4v) is 2.74. The molecule has 0 aliphatic rings. The molecule has 2 rings (SSSR count). The van der Waals surface area contributed by atoms with Gasteiger partial charge < -0.3 is 5.32 Å². The standard InChI is InChI=1S/C15H19BrClN3/c1-3-18-15(7-5-12-8-9-19-20(12)2)11-4-6-13(16)14(17)10-11/h4,6,8-10,15,18H,3,5,7H2,1-2H3. The Morgan fingerprint density at radius 1 is 1.40 bits per heavy atom. The molecule has 0 spiro atoms. The Hall–Kier alpha value is -0.840. The van der Waals surface area contributed by atoms with Crippen molar-refractivity contribution in [3.8, 4) is 0 Å². The van der Waals surface area contributed by atoms with Crippen LogP contribution in [0.1, 0.15) is 30.6 Å². The summed E-state index contributed by atoms with van der Waals surface area (Å²) < 4.78 is 2.86. The second-order valence-corrected chi connectivity index (χ2v) is 6.03. The van der Waals surface area contributed by atoms with Gasteiger partial charge in [-0.2, -0.15) is 5.10 Å². The molecule has 3 nitrogen and oxygen atoms in total. The Labute approximate surface area is 133 Å². The van der Waals surface area contributed by atoms with E-state index in [1.165, 1.54) is 11.3 Å². The lowest BCUT2D eigenvalue weighted by atomic mass is 10.0. The molecule has 0 saturated heterocycles. The third-order valence-corrected chi connectivity index (χ3v) is 4.64. The van der Waals surface area contributed by atoms with E-state index in [-0.39, 0.29) is 0 Å². The van der Waals surface area contributed by atoms with Crippen molar-refractivity contribution in [2.45, 2.75) is 25.8 Å². The van der Waals surface area contributed by atoms with Gasteiger partial charge in [-0.1, -0.05) is 24.6 Å². The van der Waals surface area contributed by atoms with Gasteiger partial charge in [0.1, 0.15) is 0 Å². The second-order valence-electron chi connectivity index (χ2n) is 4.77. The predicted molar refractivity (Wildman–Crippen MR) is 87.1 cm³/mol. The molecule has 0 fully saturated rings. The minimum absolute atomic E-state index is 0.306. The molecule has 5 heteroatoms. The first-order chi connectivity index (χ1) is 9.61. The maximum absolute atomic E-state index is 6.19. The summed E-state index contributed by atoms with van der Waals surface area (Å²) in [5, 5.41) is 8.49. The highest BCUT2D eigenvalue weighted by atomic mass is 79.9. The van der Waals surface area contributed by atoms with Gasteiger partial charge in [0.25, 0.3) is 0 Å². The van der Waals surface area contributed by atoms with E-state index in [0.717, 1.165) is 28.9 Å². The van der Waals surface area contributed by atoms with Gasteiger partial charge in [-0.3, -0.25) is 4.68 Å². The number of hydrogen-bond acceptors (Lipinski definition) is 2. The summed E-state index contributed by atoms with van der Waals surface area (Å²) in [6.07, 6.45) is 3.85. The number of rotatable bonds is 6. The molecule has 0 aliphatic carbocycles. The molecule has 0 aliphatic heterocycles. The Morgan fingerprint density at radius 3 is 2.80 bits per heavy atom. The molecule has 20 heavy (non-hydrogen) atoms. The molecule has 108 valence electrons. The van der Waals surface area contributed by atoms with Gasteiger partial charge in [-0.15, -0.1) is 0 Å². The zero-order chi connectivity index (χ0) is 14.5. The maximum atomic E-state index is 6.19. The quantitative estimate of drug-likeness (QED) is 0.844. The van der Waals surface area contributed by atoms with Crippen LogP contribution in [0.4, 0.5) is 0 Å². The van der Waals surface area contributed by atoms with Crippen LogP contribution >= 0.6 is 27.5 Å². The Bertz CT molecular complexity index is 568. The fraction of sp³-hybridized carbons (Fsp3) is 0.400. The third-order valence-electron chi connectivity index (χ3n) is 3.41. The highest BCUT2D eigenvalue weighted by Crippen LogP contribution is 2.27. The Balaban J connectivity index is 2.10. The van der Waals surface area contributed by atoms with Crippen LogP contribution in [0.2, 0.25) is 5.02 Å². The summed E-state index contributed by atoms with van der Waals surface area (Å²) in [5.74, 6) is 0. The lowest BCUT2D eigenvalue weighted by Gasteiger charge is -2.19. The zero-order valence-electron chi connectivity index (χ0n) is 11.7. The minimum atomic E-state index is 0.306. The summed E-state index contributed by atoms with van der Waals surface area (Å²) in [4.78, 5) is 0. The van der Waals surface area contributed by atoms with Crippen LogP contribution in [0.25, 0.3) is 0 Å². The molecule has 0 radical (unpaired) electrons. The van der Waals surface area contributed by atoms with Crippen LogP contribution in [-0.2, 0) is 13.5 Å². The molecule has 1 unspecified atom stereocenters. The number of benzene rings is 1. The van der Waals surface area contributed by atoms with Crippen molar-refractivity contribution in [3.63, 3.8) is 0 Å². The van der Waals surface area contributed by atoms with Crippen LogP contribution in [0.15, 0.2) is 34.9 Å². The van der Waals surface area contributed by atoms with Gasteiger partial charge in [0.15, 0.2) is 0 Å². The van der Waals surface area contributed by atoms with Crippen molar-refractivity contribution in [1.29, 1.82) is 0 Å². The Morgan fingerprint density at radius 2 is 2.20 bits per heavy atom. The highest BCUT2D eigenvalue weighted by Gasteiger charge is 2.12. The second kappa shape index (κ2) is 7.25. The van der Waals surface area contributed by atoms with Crippen molar-refractivity contribution in [1.82, 2.24) is 15.1 Å². The van der Waals surface area contributed by atoms with Gasteiger partial charge in [-0.25, -0.2) is 0 Å². The van der Waals surface area contributed by atoms with Gasteiger partial charge in [0.2, 0.25) is 0 Å². The number of hydrogen-bond donors (Lipinski definition) is 1. The summed E-state index contributed by atoms with van der Waals surface area (Å²) in [6, 6.07) is 8.53. The number of nitrogens with one attached hydrogen (secondary N) is 1. The highest BCUT2D eigenvalue weighted by molar-refractivity contribution is 9.10. The van der Waals surface area contributed by atoms with Crippen molar-refractivity contribution in [3.05, 3.63) is 51.2 Å². The van der Waals surface area contributed by atoms with Crippen molar-refractivity contribution in [2.24, 2.45) is 7.05 Å². The van der Waals surface area contributed by atoms with E-state index in [4.69, 9.17) is 11.6 Å². The molecular weight excluding hydrogens is 338 g/mol. The maximum Gasteiger partial charge on any atom is 0.0551 e. The summed E-state index contributed by atoms with van der Waals surface area (Å²) in [6.45, 7) is 3.06. The average molecular weight is 357 g/mol. The number of aromatic nitrogens is 2. The summed E-state index contributed by atoms with van der Waals surface area (Å²) in [5.41, 5.74) is 2.47. The van der Waals surface area contributed by atoms with Gasteiger partial charge >= 0.3 is 0 Å². The largest absolute Gasteiger partial charge is 0.310 e. The monoisotopic (exact) mass is 355 g/mol. The molecule has 2 aromatic rings. The van der Waals surface area contributed by atoms with E-state index in [9.17, 15) is 0 Å². The van der Waals surface area contributed by atoms with E-state index in [1.807, 2.05) is 30.1 Å². The van der Waals surface area contributed by atoms with Crippen LogP contribution in [-0.4, -0.2) is 16.3 Å². The average Bonchev–Trinajstić information content (AvgIpc) is 2.83. The zero-order valence-corrected chi connectivity index (χ0v) is 14.1. The topological polar surface area (TPSA) is 29.9 Å². The minimum Gasteiger partial charge on any atom is -0.310 e. The van der Waals surface area contributed by atoms with E-state index in [0.29, 0.717) is 6.04 Å². The van der Waals surface area contributed by atoms with Crippen molar-refractivity contribution < 1.29 is 0 Å². The molecule has 1 heterocycles. The van der Waals surface area contributed by atoms with Crippen LogP contribution in [0.5, 0.6) is 0 Å². The normalized spacial score (nSPS) is 12.6. The van der Waals surface area contributed by atoms with Crippen LogP contribution < -0.4 is 5.32 Å². The lowest BCUT2D eigenvalue weighted by Crippen LogP contribution is -2.21. The SMILES string of the molecule is CCNC(CCc1ccnn1C)c1ccc(Br)c(Cl)c1. The van der Waals surface area contributed by atoms with Crippen LogP contribution in [0.3, 0.4) is 0 Å². The lowest BCUT2D eigenvalue weighted by molar-refractivity contribution is 0.506. The smallest absolute Gasteiger partial charge is 0.0551 e. The molecular formula is C15H19BrClN3. The molecule has 1 N–H and O–H groups in total. The number of nitrogens with zero attached hydrogens (tertiary/aromatic N) is 2. The van der Waals surface area contributed by atoms with E-state index in [1.54, 1.807) is 0 Å². The Kier molecular flexibility index (Phi) is 5.64. The van der Waals surface area contributed by atoms with E-state index < -0.39 is 0 Å². The predicted octanol–water partition coefficient (Wildman–Crippen LogP) is 4.12. The molecule has 1 atom stereocenters. The molecule has 1 aromatic carbocycles. The van der Waals surface area contributed by atoms with Gasteiger partial charge in [0, 0.05) is 29.5 Å². The molecule has 0 amide bonds. The first kappa shape index (κ1) is 15.5.